The Morgan fingerprint density at radius 1 is 0.962 bits per heavy atom. The van der Waals surface area contributed by atoms with Gasteiger partial charge in [-0.25, -0.2) is 4.98 Å². The summed E-state index contributed by atoms with van der Waals surface area (Å²) in [4.78, 5) is 4.96. The molecule has 1 aliphatic rings. The third-order valence-corrected chi connectivity index (χ3v) is 6.34. The van der Waals surface area contributed by atoms with Gasteiger partial charge in [-0.2, -0.15) is 0 Å². The lowest BCUT2D eigenvalue weighted by Gasteiger charge is -2.31. The van der Waals surface area contributed by atoms with Crippen molar-refractivity contribution in [2.24, 2.45) is 5.73 Å². The molecule has 2 heterocycles. The smallest absolute Gasteiger partial charge is 0.113 e. The van der Waals surface area contributed by atoms with Crippen LogP contribution < -0.4 is 5.73 Å². The molecule has 1 aliphatic heterocycles. The molecule has 26 heavy (non-hydrogen) atoms. The summed E-state index contributed by atoms with van der Waals surface area (Å²) in [6.45, 7) is 15.0. The van der Waals surface area contributed by atoms with Crippen LogP contribution in [0, 0.1) is 0 Å². The number of nitrogens with two attached hydrogens (primary N) is 1. The van der Waals surface area contributed by atoms with E-state index in [1.165, 1.54) is 16.7 Å². The zero-order chi connectivity index (χ0) is 19.2. The van der Waals surface area contributed by atoms with Crippen molar-refractivity contribution in [3.8, 4) is 11.3 Å². The zero-order valence-electron chi connectivity index (χ0n) is 17.0. The molecule has 0 amide bonds. The fourth-order valence-electron chi connectivity index (χ4n) is 3.23. The summed E-state index contributed by atoms with van der Waals surface area (Å²) in [5.74, 6) is 0. The lowest BCUT2D eigenvalue weighted by molar-refractivity contribution is 0.0522. The van der Waals surface area contributed by atoms with E-state index < -0.39 is 0 Å². The van der Waals surface area contributed by atoms with Gasteiger partial charge in [0.2, 0.25) is 0 Å². The van der Waals surface area contributed by atoms with Gasteiger partial charge in [-0.15, -0.1) is 11.3 Å². The highest BCUT2D eigenvalue weighted by atomic mass is 32.1. The number of benzene rings is 1. The molecule has 4 heteroatoms. The van der Waals surface area contributed by atoms with E-state index in [2.05, 4.69) is 65.1 Å². The van der Waals surface area contributed by atoms with Gasteiger partial charge in [-0.05, 0) is 46.9 Å². The van der Waals surface area contributed by atoms with Crippen LogP contribution in [0.1, 0.15) is 70.5 Å². The number of hydrogen-bond acceptors (Lipinski definition) is 4. The van der Waals surface area contributed by atoms with E-state index in [1.807, 2.05) is 0 Å². The average molecular weight is 373 g/mol. The molecule has 0 spiro atoms. The van der Waals surface area contributed by atoms with Gasteiger partial charge in [-0.3, -0.25) is 0 Å². The minimum atomic E-state index is -0.338. The number of nitrogens with zero attached hydrogens (tertiary/aromatic N) is 1. The molecule has 3 nitrogen and oxygen atoms in total. The van der Waals surface area contributed by atoms with Gasteiger partial charge in [0.1, 0.15) is 5.01 Å². The maximum atomic E-state index is 6.64. The highest BCUT2D eigenvalue weighted by Gasteiger charge is 2.33. The number of hydrogen-bond donors (Lipinski definition) is 1. The van der Waals surface area contributed by atoms with Gasteiger partial charge in [0, 0.05) is 24.2 Å². The van der Waals surface area contributed by atoms with Crippen LogP contribution in [0.3, 0.4) is 0 Å². The summed E-state index contributed by atoms with van der Waals surface area (Å²) in [5, 5.41) is 3.20. The Balaban J connectivity index is 2.04. The molecule has 0 saturated carbocycles. The van der Waals surface area contributed by atoms with Gasteiger partial charge >= 0.3 is 0 Å². The minimum absolute atomic E-state index is 0.102. The van der Waals surface area contributed by atoms with Crippen molar-refractivity contribution in [1.82, 2.24) is 4.98 Å². The zero-order valence-corrected chi connectivity index (χ0v) is 17.8. The lowest BCUT2D eigenvalue weighted by Crippen LogP contribution is -2.42. The second-order valence-electron chi connectivity index (χ2n) is 9.61. The normalized spacial score (nSPS) is 18.1. The third-order valence-electron chi connectivity index (χ3n) is 5.28. The largest absolute Gasteiger partial charge is 0.381 e. The number of rotatable bonds is 2. The summed E-state index contributed by atoms with van der Waals surface area (Å²) in [5.41, 5.74) is 11.4. The first kappa shape index (κ1) is 19.5. The quantitative estimate of drug-likeness (QED) is 0.771. The van der Waals surface area contributed by atoms with Crippen molar-refractivity contribution in [2.45, 2.75) is 70.8 Å². The molecule has 3 rings (SSSR count). The van der Waals surface area contributed by atoms with Crippen molar-refractivity contribution in [3.63, 3.8) is 0 Å². The molecule has 1 aromatic carbocycles. The van der Waals surface area contributed by atoms with Crippen LogP contribution in [0.15, 0.2) is 23.6 Å². The van der Waals surface area contributed by atoms with E-state index in [0.717, 1.165) is 36.8 Å². The van der Waals surface area contributed by atoms with Crippen molar-refractivity contribution >= 4 is 11.3 Å². The van der Waals surface area contributed by atoms with E-state index in [0.29, 0.717) is 0 Å². The summed E-state index contributed by atoms with van der Waals surface area (Å²) in [7, 11) is 0. The molecule has 1 aromatic heterocycles. The summed E-state index contributed by atoms with van der Waals surface area (Å²) in [6.07, 6.45) is 1.68. The van der Waals surface area contributed by atoms with Crippen LogP contribution in [0.2, 0.25) is 0 Å². The fraction of sp³-hybridized carbons (Fsp3) is 0.591. The third kappa shape index (κ3) is 4.03. The molecule has 1 fully saturated rings. The van der Waals surface area contributed by atoms with E-state index in [4.69, 9.17) is 15.5 Å². The Labute approximate surface area is 162 Å². The molecule has 0 atom stereocenters. The Morgan fingerprint density at radius 3 is 2.00 bits per heavy atom. The molecular weight excluding hydrogens is 340 g/mol. The van der Waals surface area contributed by atoms with Crippen LogP contribution >= 0.6 is 11.3 Å². The van der Waals surface area contributed by atoms with Crippen molar-refractivity contribution in [2.75, 3.05) is 13.2 Å². The fourth-order valence-corrected chi connectivity index (χ4v) is 4.23. The average Bonchev–Trinajstić information content (AvgIpc) is 3.04. The summed E-state index contributed by atoms with van der Waals surface area (Å²) >= 11 is 1.68. The Morgan fingerprint density at radius 2 is 1.50 bits per heavy atom. The number of thiazole rings is 1. The van der Waals surface area contributed by atoms with Crippen LogP contribution in [-0.4, -0.2) is 18.2 Å². The predicted octanol–water partition coefficient (Wildman–Crippen LogP) is 5.37. The van der Waals surface area contributed by atoms with Crippen molar-refractivity contribution in [1.29, 1.82) is 0 Å². The molecule has 2 N–H and O–H groups in total. The van der Waals surface area contributed by atoms with Gasteiger partial charge in [0.05, 0.1) is 11.2 Å². The van der Waals surface area contributed by atoms with E-state index in [1.54, 1.807) is 11.3 Å². The summed E-state index contributed by atoms with van der Waals surface area (Å²) in [6, 6.07) is 6.93. The Kier molecular flexibility index (Phi) is 5.06. The maximum Gasteiger partial charge on any atom is 0.113 e. The van der Waals surface area contributed by atoms with E-state index >= 15 is 0 Å². The maximum absolute atomic E-state index is 6.64. The molecule has 1 saturated heterocycles. The standard InChI is InChI=1S/C22H32N2OS/c1-20(2,3)16-11-15(12-17(13-16)21(4,5)6)18-14-26-19(24-18)22(23)7-9-25-10-8-22/h11-14H,7-10,23H2,1-6H3. The number of aromatic nitrogens is 1. The van der Waals surface area contributed by atoms with Gasteiger partial charge in [-0.1, -0.05) is 47.6 Å². The second kappa shape index (κ2) is 6.74. The van der Waals surface area contributed by atoms with Gasteiger partial charge < -0.3 is 10.5 Å². The highest BCUT2D eigenvalue weighted by Crippen LogP contribution is 2.37. The Bertz CT molecular complexity index is 742. The molecule has 0 unspecified atom stereocenters. The first-order valence-electron chi connectivity index (χ1n) is 9.48. The molecular formula is C22H32N2OS. The van der Waals surface area contributed by atoms with Crippen LogP contribution in [-0.2, 0) is 21.1 Å². The topological polar surface area (TPSA) is 48.1 Å². The molecule has 0 aliphatic carbocycles. The van der Waals surface area contributed by atoms with Crippen LogP contribution in [0.5, 0.6) is 0 Å². The van der Waals surface area contributed by atoms with E-state index in [-0.39, 0.29) is 16.4 Å². The highest BCUT2D eigenvalue weighted by molar-refractivity contribution is 7.10. The first-order valence-corrected chi connectivity index (χ1v) is 10.4. The number of ether oxygens (including phenoxy) is 1. The summed E-state index contributed by atoms with van der Waals surface area (Å²) < 4.78 is 5.48. The van der Waals surface area contributed by atoms with Crippen LogP contribution in [0.25, 0.3) is 11.3 Å². The van der Waals surface area contributed by atoms with E-state index in [9.17, 15) is 0 Å². The molecule has 2 aromatic rings. The van der Waals surface area contributed by atoms with Gasteiger partial charge in [0.25, 0.3) is 0 Å². The molecule has 142 valence electrons. The Hall–Kier alpha value is -1.23. The second-order valence-corrected chi connectivity index (χ2v) is 10.5. The minimum Gasteiger partial charge on any atom is -0.381 e. The van der Waals surface area contributed by atoms with Crippen molar-refractivity contribution in [3.05, 3.63) is 39.7 Å². The van der Waals surface area contributed by atoms with Gasteiger partial charge in [0.15, 0.2) is 0 Å². The predicted molar refractivity (Wildman–Crippen MR) is 111 cm³/mol. The monoisotopic (exact) mass is 372 g/mol. The molecule has 0 radical (unpaired) electrons. The lowest BCUT2D eigenvalue weighted by atomic mass is 9.79. The molecule has 0 bridgehead atoms. The SMILES string of the molecule is CC(C)(C)c1cc(-c2csc(C3(N)CCOCC3)n2)cc(C(C)(C)C)c1. The first-order chi connectivity index (χ1) is 12.0. The van der Waals surface area contributed by atoms with Crippen LogP contribution in [0.4, 0.5) is 0 Å². The van der Waals surface area contributed by atoms with Crippen molar-refractivity contribution < 1.29 is 4.74 Å².